The van der Waals surface area contributed by atoms with Crippen molar-refractivity contribution in [3.8, 4) is 17.0 Å². The second kappa shape index (κ2) is 10.8. The van der Waals surface area contributed by atoms with E-state index in [0.717, 1.165) is 85.6 Å². The maximum atomic E-state index is 13.4. The summed E-state index contributed by atoms with van der Waals surface area (Å²) < 4.78 is 11.6. The fourth-order valence-electron chi connectivity index (χ4n) is 5.74. The summed E-state index contributed by atoms with van der Waals surface area (Å²) in [5.41, 5.74) is 3.95. The molecule has 40 heavy (non-hydrogen) atoms. The molecule has 2 aromatic heterocycles. The number of halogens is 1. The van der Waals surface area contributed by atoms with Gasteiger partial charge in [0.15, 0.2) is 0 Å². The van der Waals surface area contributed by atoms with Crippen LogP contribution in [0.4, 0.5) is 0 Å². The number of rotatable bonds is 8. The molecule has 4 aromatic rings. The Kier molecular flexibility index (Phi) is 6.91. The number of nitrogens with zero attached hydrogens (tertiary/aromatic N) is 3. The van der Waals surface area contributed by atoms with Crippen molar-refractivity contribution in [2.24, 2.45) is 5.92 Å². The summed E-state index contributed by atoms with van der Waals surface area (Å²) in [6.07, 6.45) is 6.12. The Morgan fingerprint density at radius 1 is 1.07 bits per heavy atom. The van der Waals surface area contributed by atoms with Crippen molar-refractivity contribution < 1.29 is 14.3 Å². The molecular weight excluding hydrogens is 526 g/mol. The number of likely N-dealkylation sites (tertiary alicyclic amines) is 1. The van der Waals surface area contributed by atoms with E-state index in [1.165, 1.54) is 0 Å². The molecule has 1 aliphatic carbocycles. The van der Waals surface area contributed by atoms with E-state index >= 15 is 0 Å². The highest BCUT2D eigenvalue weighted by molar-refractivity contribution is 6.31. The lowest BCUT2D eigenvalue weighted by Crippen LogP contribution is -2.52. The van der Waals surface area contributed by atoms with Crippen LogP contribution >= 0.6 is 11.6 Å². The van der Waals surface area contributed by atoms with Crippen LogP contribution in [0.2, 0.25) is 5.02 Å². The molecule has 9 heteroatoms. The Hall–Kier alpha value is -3.46. The van der Waals surface area contributed by atoms with Crippen LogP contribution in [0, 0.1) is 5.92 Å². The maximum Gasteiger partial charge on any atom is 0.251 e. The maximum absolute atomic E-state index is 13.4. The van der Waals surface area contributed by atoms with E-state index in [4.69, 9.17) is 21.1 Å². The van der Waals surface area contributed by atoms with Crippen LogP contribution in [0.1, 0.15) is 47.8 Å². The molecule has 2 aromatic carbocycles. The monoisotopic (exact) mass is 557 g/mol. The van der Waals surface area contributed by atoms with Crippen molar-refractivity contribution in [1.29, 1.82) is 0 Å². The summed E-state index contributed by atoms with van der Waals surface area (Å²) in [7, 11) is 0. The molecule has 1 saturated carbocycles. The lowest BCUT2D eigenvalue weighted by Gasteiger charge is -2.41. The quantitative estimate of drug-likeness (QED) is 0.301. The molecule has 0 bridgehead atoms. The number of carbonyl (C=O) groups excluding carboxylic acids is 1. The van der Waals surface area contributed by atoms with Gasteiger partial charge in [-0.15, -0.1) is 0 Å². The van der Waals surface area contributed by atoms with Crippen LogP contribution in [-0.4, -0.2) is 64.4 Å². The highest BCUT2D eigenvalue weighted by Crippen LogP contribution is 2.42. The van der Waals surface area contributed by atoms with Crippen molar-refractivity contribution in [2.45, 2.75) is 43.9 Å². The predicted molar refractivity (Wildman–Crippen MR) is 154 cm³/mol. The number of pyridine rings is 1. The number of carbonyl (C=O) groups is 1. The molecule has 0 spiro atoms. The SMILES string of the molecule is O=C(N[C@H](c1ncccc1Cl)C1CC1)c1ccc2[nH]nc(-c3ccc(OC4CCN(C5COC5)CC4)cc3)c2c1. The van der Waals surface area contributed by atoms with Crippen molar-refractivity contribution >= 4 is 28.4 Å². The Morgan fingerprint density at radius 3 is 2.58 bits per heavy atom. The number of aromatic amines is 1. The first-order valence-corrected chi connectivity index (χ1v) is 14.5. The third-order valence-corrected chi connectivity index (χ3v) is 8.65. The number of nitrogens with one attached hydrogen (secondary N) is 2. The summed E-state index contributed by atoms with van der Waals surface area (Å²) in [4.78, 5) is 20.3. The minimum atomic E-state index is -0.201. The van der Waals surface area contributed by atoms with Gasteiger partial charge in [-0.25, -0.2) is 0 Å². The highest BCUT2D eigenvalue weighted by Gasteiger charge is 2.36. The van der Waals surface area contributed by atoms with Gasteiger partial charge in [-0.2, -0.15) is 5.10 Å². The van der Waals surface area contributed by atoms with Crippen LogP contribution in [0.3, 0.4) is 0 Å². The number of H-pyrrole nitrogens is 1. The Morgan fingerprint density at radius 2 is 1.88 bits per heavy atom. The number of amides is 1. The molecular formula is C31H32ClN5O3. The molecule has 0 unspecified atom stereocenters. The van der Waals surface area contributed by atoms with Gasteiger partial charge in [0.1, 0.15) is 11.9 Å². The Balaban J connectivity index is 1.05. The zero-order chi connectivity index (χ0) is 27.1. The lowest BCUT2D eigenvalue weighted by atomic mass is 10.0. The van der Waals surface area contributed by atoms with Gasteiger partial charge >= 0.3 is 0 Å². The van der Waals surface area contributed by atoms with Crippen molar-refractivity contribution in [1.82, 2.24) is 25.4 Å². The van der Waals surface area contributed by atoms with E-state index in [1.807, 2.05) is 48.5 Å². The molecule has 4 heterocycles. The van der Waals surface area contributed by atoms with Gasteiger partial charge in [-0.3, -0.25) is 19.8 Å². The van der Waals surface area contributed by atoms with E-state index in [2.05, 4.69) is 25.4 Å². The summed E-state index contributed by atoms with van der Waals surface area (Å²) >= 11 is 6.42. The van der Waals surface area contributed by atoms with Crippen LogP contribution in [-0.2, 0) is 4.74 Å². The number of ether oxygens (including phenoxy) is 2. The van der Waals surface area contributed by atoms with Crippen molar-refractivity contribution in [3.63, 3.8) is 0 Å². The van der Waals surface area contributed by atoms with Gasteiger partial charge in [0.25, 0.3) is 5.91 Å². The first-order chi connectivity index (χ1) is 19.6. The van der Waals surface area contributed by atoms with Gasteiger partial charge < -0.3 is 14.8 Å². The van der Waals surface area contributed by atoms with Gasteiger partial charge in [0.05, 0.1) is 47.2 Å². The molecule has 2 aliphatic heterocycles. The van der Waals surface area contributed by atoms with Gasteiger partial charge in [0, 0.05) is 35.8 Å². The number of fused-ring (bicyclic) bond motifs is 1. The zero-order valence-electron chi connectivity index (χ0n) is 22.2. The van der Waals surface area contributed by atoms with E-state index in [9.17, 15) is 4.79 Å². The average Bonchev–Trinajstić information content (AvgIpc) is 3.71. The third-order valence-electron chi connectivity index (χ3n) is 8.33. The summed E-state index contributed by atoms with van der Waals surface area (Å²) in [5.74, 6) is 1.08. The molecule has 3 aliphatic rings. The minimum Gasteiger partial charge on any atom is -0.490 e. The standard InChI is InChI=1S/C31H32ClN5O3/c32-26-2-1-13-33-30(26)29(20-3-4-20)34-31(38)21-7-10-27-25(16-21)28(36-35-27)19-5-8-23(9-6-19)40-24-11-14-37(15-12-24)22-17-39-18-22/h1-2,5-10,13,16,20,22,24,29H,3-4,11-12,14-15,17-18H2,(H,34,38)(H,35,36)/t29-/m0/s1. The van der Waals surface area contributed by atoms with Crippen LogP contribution < -0.4 is 10.1 Å². The molecule has 8 nitrogen and oxygen atoms in total. The Bertz CT molecular complexity index is 1510. The fraction of sp³-hybridized carbons (Fsp3) is 0.387. The topological polar surface area (TPSA) is 92.4 Å². The van der Waals surface area contributed by atoms with Crippen LogP contribution in [0.5, 0.6) is 5.75 Å². The fourth-order valence-corrected chi connectivity index (χ4v) is 5.98. The molecule has 1 atom stereocenters. The normalized spacial score (nSPS) is 19.3. The van der Waals surface area contributed by atoms with Gasteiger partial charge in [-0.1, -0.05) is 11.6 Å². The number of aromatic nitrogens is 3. The molecule has 206 valence electrons. The summed E-state index contributed by atoms with van der Waals surface area (Å²) in [5, 5.41) is 12.3. The van der Waals surface area contributed by atoms with E-state index in [1.54, 1.807) is 12.3 Å². The van der Waals surface area contributed by atoms with Gasteiger partial charge in [0.2, 0.25) is 0 Å². The van der Waals surface area contributed by atoms with Crippen LogP contribution in [0.15, 0.2) is 60.8 Å². The number of benzene rings is 2. The van der Waals surface area contributed by atoms with E-state index < -0.39 is 0 Å². The van der Waals surface area contributed by atoms with Gasteiger partial charge in [-0.05, 0) is 86.2 Å². The first kappa shape index (κ1) is 25.5. The summed E-state index contributed by atoms with van der Waals surface area (Å²) in [6, 6.07) is 17.7. The van der Waals surface area contributed by atoms with Crippen LogP contribution in [0.25, 0.3) is 22.2 Å². The minimum absolute atomic E-state index is 0.146. The average molecular weight is 558 g/mol. The second-order valence-electron chi connectivity index (χ2n) is 11.1. The first-order valence-electron chi connectivity index (χ1n) is 14.1. The summed E-state index contributed by atoms with van der Waals surface area (Å²) in [6.45, 7) is 3.84. The molecule has 0 radical (unpaired) electrons. The van der Waals surface area contributed by atoms with E-state index in [0.29, 0.717) is 22.5 Å². The van der Waals surface area contributed by atoms with Crippen molar-refractivity contribution in [2.75, 3.05) is 26.3 Å². The molecule has 2 N–H and O–H groups in total. The predicted octanol–water partition coefficient (Wildman–Crippen LogP) is 5.40. The van der Waals surface area contributed by atoms with Crippen molar-refractivity contribution in [3.05, 3.63) is 77.1 Å². The largest absolute Gasteiger partial charge is 0.490 e. The second-order valence-corrected chi connectivity index (χ2v) is 11.5. The number of hydrogen-bond donors (Lipinski definition) is 2. The molecule has 3 fully saturated rings. The molecule has 1 amide bonds. The number of piperidine rings is 1. The third kappa shape index (κ3) is 5.19. The zero-order valence-corrected chi connectivity index (χ0v) is 22.9. The molecule has 2 saturated heterocycles. The highest BCUT2D eigenvalue weighted by atomic mass is 35.5. The molecule has 7 rings (SSSR count). The lowest BCUT2D eigenvalue weighted by molar-refractivity contribution is -0.0778. The van der Waals surface area contributed by atoms with E-state index in [-0.39, 0.29) is 18.1 Å². The smallest absolute Gasteiger partial charge is 0.251 e. The Labute approximate surface area is 238 Å². The number of hydrogen-bond acceptors (Lipinski definition) is 6.